The van der Waals surface area contributed by atoms with E-state index in [1.165, 1.54) is 7.11 Å². The van der Waals surface area contributed by atoms with Gasteiger partial charge in [-0.3, -0.25) is 14.5 Å². The van der Waals surface area contributed by atoms with Crippen LogP contribution in [-0.4, -0.2) is 36.4 Å². The van der Waals surface area contributed by atoms with Crippen LogP contribution in [0.4, 0.5) is 10.5 Å². The molecule has 4 amide bonds. The summed E-state index contributed by atoms with van der Waals surface area (Å²) in [5.74, 6) is -0.204. The van der Waals surface area contributed by atoms with Gasteiger partial charge >= 0.3 is 6.03 Å². The van der Waals surface area contributed by atoms with Crippen LogP contribution in [0.3, 0.4) is 0 Å². The van der Waals surface area contributed by atoms with Crippen molar-refractivity contribution < 1.29 is 19.1 Å². The van der Waals surface area contributed by atoms with Crippen LogP contribution >= 0.6 is 0 Å². The number of hydrogen-bond acceptors (Lipinski definition) is 4. The quantitative estimate of drug-likeness (QED) is 0.782. The number of rotatable bonds is 4. The smallest absolute Gasteiger partial charge is 0.325 e. The SMILES string of the molecule is COc1cccc(NC(=O)CN2C(=O)N[C@@]3(CCCCc4ccccc43)C2=O)c1. The summed E-state index contributed by atoms with van der Waals surface area (Å²) in [6, 6.07) is 14.1. The average Bonchev–Trinajstić information content (AvgIpc) is 2.86. The molecule has 4 rings (SSSR count). The molecule has 0 radical (unpaired) electrons. The number of ether oxygens (including phenoxy) is 1. The van der Waals surface area contributed by atoms with Crippen LogP contribution in [-0.2, 0) is 21.5 Å². The van der Waals surface area contributed by atoms with E-state index in [9.17, 15) is 14.4 Å². The van der Waals surface area contributed by atoms with Crippen molar-refractivity contribution in [2.75, 3.05) is 19.0 Å². The first kappa shape index (κ1) is 19.0. The van der Waals surface area contributed by atoms with Crippen LogP contribution in [0.15, 0.2) is 48.5 Å². The van der Waals surface area contributed by atoms with Crippen LogP contribution in [0.1, 0.15) is 30.4 Å². The summed E-state index contributed by atoms with van der Waals surface area (Å²) < 4.78 is 5.14. The molecule has 0 aromatic heterocycles. The van der Waals surface area contributed by atoms with E-state index >= 15 is 0 Å². The van der Waals surface area contributed by atoms with E-state index in [0.29, 0.717) is 17.9 Å². The number of urea groups is 1. The predicted molar refractivity (Wildman–Crippen MR) is 108 cm³/mol. The van der Waals surface area contributed by atoms with Crippen molar-refractivity contribution in [1.29, 1.82) is 0 Å². The molecule has 0 unspecified atom stereocenters. The van der Waals surface area contributed by atoms with Gasteiger partial charge in [0.15, 0.2) is 0 Å². The lowest BCUT2D eigenvalue weighted by atomic mass is 9.84. The van der Waals surface area contributed by atoms with Crippen LogP contribution in [0, 0.1) is 0 Å². The third-order valence-corrected chi connectivity index (χ3v) is 5.56. The molecule has 1 aliphatic heterocycles. The van der Waals surface area contributed by atoms with Gasteiger partial charge in [0.2, 0.25) is 5.91 Å². The Labute approximate surface area is 169 Å². The Bertz CT molecular complexity index is 974. The molecule has 1 fully saturated rings. The first-order chi connectivity index (χ1) is 14.0. The molecule has 0 bridgehead atoms. The molecular weight excluding hydrogens is 370 g/mol. The number of aryl methyl sites for hydroxylation is 1. The molecule has 7 nitrogen and oxygen atoms in total. The van der Waals surface area contributed by atoms with Crippen molar-refractivity contribution in [1.82, 2.24) is 10.2 Å². The maximum Gasteiger partial charge on any atom is 0.325 e. The zero-order chi connectivity index (χ0) is 20.4. The van der Waals surface area contributed by atoms with E-state index in [2.05, 4.69) is 10.6 Å². The number of carbonyl (C=O) groups is 3. The maximum absolute atomic E-state index is 13.3. The molecule has 1 saturated heterocycles. The molecule has 1 heterocycles. The zero-order valence-electron chi connectivity index (χ0n) is 16.2. The number of anilines is 1. The number of carbonyl (C=O) groups excluding carboxylic acids is 3. The number of imide groups is 1. The van der Waals surface area contributed by atoms with E-state index in [4.69, 9.17) is 4.74 Å². The van der Waals surface area contributed by atoms with Crippen molar-refractivity contribution in [3.05, 3.63) is 59.7 Å². The third-order valence-electron chi connectivity index (χ3n) is 5.56. The van der Waals surface area contributed by atoms with Crippen LogP contribution < -0.4 is 15.4 Å². The lowest BCUT2D eigenvalue weighted by Crippen LogP contribution is -2.44. The van der Waals surface area contributed by atoms with Crippen molar-refractivity contribution in [2.45, 2.75) is 31.2 Å². The lowest BCUT2D eigenvalue weighted by Gasteiger charge is -2.27. The number of hydrogen-bond donors (Lipinski definition) is 2. The molecule has 1 atom stereocenters. The fourth-order valence-corrected chi connectivity index (χ4v) is 4.16. The maximum atomic E-state index is 13.3. The molecule has 7 heteroatoms. The second-order valence-electron chi connectivity index (χ2n) is 7.37. The van der Waals surface area contributed by atoms with E-state index < -0.39 is 17.5 Å². The predicted octanol–water partition coefficient (Wildman–Crippen LogP) is 2.81. The Kier molecular flexibility index (Phi) is 4.96. The fourth-order valence-electron chi connectivity index (χ4n) is 4.16. The molecule has 1 spiro atoms. The normalized spacial score (nSPS) is 20.8. The Morgan fingerprint density at radius 2 is 2.00 bits per heavy atom. The minimum absolute atomic E-state index is 0.341. The highest BCUT2D eigenvalue weighted by molar-refractivity contribution is 6.10. The minimum Gasteiger partial charge on any atom is -0.497 e. The van der Waals surface area contributed by atoms with Crippen molar-refractivity contribution in [3.8, 4) is 5.75 Å². The summed E-state index contributed by atoms with van der Waals surface area (Å²) >= 11 is 0. The van der Waals surface area contributed by atoms with Crippen molar-refractivity contribution in [2.24, 2.45) is 0 Å². The van der Waals surface area contributed by atoms with Gasteiger partial charge in [0.1, 0.15) is 17.8 Å². The fraction of sp³-hybridized carbons (Fsp3) is 0.318. The average molecular weight is 393 g/mol. The largest absolute Gasteiger partial charge is 0.497 e. The van der Waals surface area contributed by atoms with Crippen LogP contribution in [0.5, 0.6) is 5.75 Å². The van der Waals surface area contributed by atoms with Crippen molar-refractivity contribution in [3.63, 3.8) is 0 Å². The lowest BCUT2D eigenvalue weighted by molar-refractivity contribution is -0.134. The highest BCUT2D eigenvalue weighted by Gasteiger charge is 2.53. The van der Waals surface area contributed by atoms with Crippen LogP contribution in [0.25, 0.3) is 0 Å². The molecule has 150 valence electrons. The summed E-state index contributed by atoms with van der Waals surface area (Å²) in [7, 11) is 1.54. The standard InChI is InChI=1S/C22H23N3O4/c1-29-17-10-6-9-16(13-17)23-19(26)14-25-20(27)22(24-21(25)28)12-5-4-8-15-7-2-3-11-18(15)22/h2-3,6-7,9-11,13H,4-5,8,12,14H2,1H3,(H,23,26)(H,24,28)/t22-/m1/s1. The number of nitrogens with zero attached hydrogens (tertiary/aromatic N) is 1. The van der Waals surface area contributed by atoms with Crippen LogP contribution in [0.2, 0.25) is 0 Å². The zero-order valence-corrected chi connectivity index (χ0v) is 16.2. The number of fused-ring (bicyclic) bond motifs is 2. The van der Waals surface area contributed by atoms with Crippen molar-refractivity contribution >= 4 is 23.5 Å². The van der Waals surface area contributed by atoms with Gasteiger partial charge in [-0.25, -0.2) is 4.79 Å². The van der Waals surface area contributed by atoms with E-state index in [0.717, 1.165) is 35.3 Å². The first-order valence-electron chi connectivity index (χ1n) is 9.70. The van der Waals surface area contributed by atoms with Gasteiger partial charge in [-0.05, 0) is 48.9 Å². The number of methoxy groups -OCH3 is 1. The summed E-state index contributed by atoms with van der Waals surface area (Å²) in [6.45, 7) is -0.341. The third kappa shape index (κ3) is 3.44. The Hall–Kier alpha value is -3.35. The summed E-state index contributed by atoms with van der Waals surface area (Å²) in [6.07, 6.45) is 3.18. The number of benzene rings is 2. The topological polar surface area (TPSA) is 87.7 Å². The minimum atomic E-state index is -1.08. The first-order valence-corrected chi connectivity index (χ1v) is 9.70. The van der Waals surface area contributed by atoms with Gasteiger partial charge in [-0.15, -0.1) is 0 Å². The highest BCUT2D eigenvalue weighted by Crippen LogP contribution is 2.38. The molecule has 2 aliphatic rings. The van der Waals surface area contributed by atoms with Gasteiger partial charge < -0.3 is 15.4 Å². The Morgan fingerprint density at radius 3 is 2.83 bits per heavy atom. The molecule has 2 N–H and O–H groups in total. The van der Waals surface area contributed by atoms with Gasteiger partial charge in [0.25, 0.3) is 5.91 Å². The van der Waals surface area contributed by atoms with E-state index in [1.54, 1.807) is 24.3 Å². The van der Waals surface area contributed by atoms with Gasteiger partial charge in [0.05, 0.1) is 7.11 Å². The van der Waals surface area contributed by atoms with Gasteiger partial charge in [-0.1, -0.05) is 30.3 Å². The number of amides is 4. The second kappa shape index (κ2) is 7.58. The summed E-state index contributed by atoms with van der Waals surface area (Å²) in [5.41, 5.74) is 1.37. The molecule has 2 aromatic carbocycles. The number of nitrogens with one attached hydrogen (secondary N) is 2. The monoisotopic (exact) mass is 393 g/mol. The van der Waals surface area contributed by atoms with E-state index in [-0.39, 0.29) is 12.5 Å². The van der Waals surface area contributed by atoms with Gasteiger partial charge in [0, 0.05) is 11.8 Å². The van der Waals surface area contributed by atoms with Gasteiger partial charge in [-0.2, -0.15) is 0 Å². The summed E-state index contributed by atoms with van der Waals surface area (Å²) in [5, 5.41) is 5.60. The molecule has 29 heavy (non-hydrogen) atoms. The second-order valence-corrected chi connectivity index (χ2v) is 7.37. The molecule has 2 aromatic rings. The van der Waals surface area contributed by atoms with E-state index in [1.807, 2.05) is 24.3 Å². The summed E-state index contributed by atoms with van der Waals surface area (Å²) in [4.78, 5) is 39.5. The Morgan fingerprint density at radius 1 is 1.17 bits per heavy atom. The highest BCUT2D eigenvalue weighted by atomic mass is 16.5. The Balaban J connectivity index is 1.55. The molecular formula is C22H23N3O4. The molecule has 0 saturated carbocycles. The molecule has 1 aliphatic carbocycles.